The summed E-state index contributed by atoms with van der Waals surface area (Å²) in [6.07, 6.45) is 0.499. The van der Waals surface area contributed by atoms with Crippen molar-refractivity contribution >= 4 is 41.1 Å². The highest BCUT2D eigenvalue weighted by Gasteiger charge is 2.13. The molecule has 3 aromatic carbocycles. The first kappa shape index (κ1) is 25.3. The maximum atomic E-state index is 12.4. The Morgan fingerprint density at radius 2 is 1.71 bits per heavy atom. The van der Waals surface area contributed by atoms with Gasteiger partial charge in [-0.05, 0) is 60.0 Å². The van der Waals surface area contributed by atoms with Gasteiger partial charge in [0.1, 0.15) is 5.75 Å². The third kappa shape index (κ3) is 7.31. The number of ether oxygens (including phenoxy) is 1. The topological polar surface area (TPSA) is 155 Å². The van der Waals surface area contributed by atoms with E-state index in [0.29, 0.717) is 33.8 Å². The molecule has 6 N–H and O–H groups in total. The zero-order valence-corrected chi connectivity index (χ0v) is 19.3. The number of halogens is 1. The van der Waals surface area contributed by atoms with Gasteiger partial charge in [-0.3, -0.25) is 10.2 Å². The fraction of sp³-hybridized carbons (Fsp3) is 0.120. The summed E-state index contributed by atoms with van der Waals surface area (Å²) in [5.74, 6) is -1.84. The Labute approximate surface area is 206 Å². The van der Waals surface area contributed by atoms with Gasteiger partial charge in [0.05, 0.1) is 11.1 Å². The number of nitrogens with two attached hydrogens (primary N) is 1. The highest BCUT2D eigenvalue weighted by atomic mass is 35.5. The summed E-state index contributed by atoms with van der Waals surface area (Å²) in [5, 5.41) is 22.1. The maximum absolute atomic E-state index is 12.4. The summed E-state index contributed by atoms with van der Waals surface area (Å²) in [5.41, 5.74) is 7.50. The van der Waals surface area contributed by atoms with Crippen LogP contribution >= 0.6 is 11.6 Å². The lowest BCUT2D eigenvalue weighted by Crippen LogP contribution is -2.24. The number of guanidine groups is 1. The van der Waals surface area contributed by atoms with E-state index in [9.17, 15) is 19.5 Å². The number of carbonyl (C=O) groups excluding carboxylic acids is 2. The SMILES string of the molecule is N=C(N)Nc1ccc(C(=O)Oc2ccc(CCC(=O)NCc3ccccc3C(=O)O)c(Cl)c2)cc1. The molecule has 9 nitrogen and oxygen atoms in total. The molecule has 0 saturated carbocycles. The van der Waals surface area contributed by atoms with Crippen LogP contribution in [0.15, 0.2) is 66.7 Å². The first-order valence-corrected chi connectivity index (χ1v) is 10.9. The van der Waals surface area contributed by atoms with Crippen molar-refractivity contribution in [3.63, 3.8) is 0 Å². The summed E-state index contributed by atoms with van der Waals surface area (Å²) in [6.45, 7) is 0.107. The second-order valence-electron chi connectivity index (χ2n) is 7.50. The molecule has 3 rings (SSSR count). The number of aromatic carboxylic acids is 1. The minimum Gasteiger partial charge on any atom is -0.478 e. The molecule has 0 aliphatic carbocycles. The lowest BCUT2D eigenvalue weighted by Gasteiger charge is -2.10. The Balaban J connectivity index is 1.52. The third-order valence-electron chi connectivity index (χ3n) is 4.98. The largest absolute Gasteiger partial charge is 0.478 e. The molecule has 0 aliphatic heterocycles. The van der Waals surface area contributed by atoms with E-state index in [1.165, 1.54) is 24.3 Å². The number of carbonyl (C=O) groups is 3. The van der Waals surface area contributed by atoms with Crippen LogP contribution in [-0.4, -0.2) is 28.9 Å². The van der Waals surface area contributed by atoms with E-state index in [1.54, 1.807) is 42.5 Å². The minimum absolute atomic E-state index is 0.107. The number of hydrogen-bond donors (Lipinski definition) is 5. The molecule has 0 saturated heterocycles. The fourth-order valence-corrected chi connectivity index (χ4v) is 3.48. The monoisotopic (exact) mass is 494 g/mol. The molecule has 0 aromatic heterocycles. The van der Waals surface area contributed by atoms with Crippen molar-refractivity contribution in [1.29, 1.82) is 5.41 Å². The second kappa shape index (κ2) is 11.7. The van der Waals surface area contributed by atoms with E-state index in [0.717, 1.165) is 0 Å². The molecule has 0 fully saturated rings. The molecule has 0 heterocycles. The summed E-state index contributed by atoms with van der Waals surface area (Å²) >= 11 is 6.31. The second-order valence-corrected chi connectivity index (χ2v) is 7.90. The number of anilines is 1. The fourth-order valence-electron chi connectivity index (χ4n) is 3.22. The number of benzene rings is 3. The normalized spacial score (nSPS) is 10.3. The molecule has 0 radical (unpaired) electrons. The van der Waals surface area contributed by atoms with Crippen LogP contribution < -0.4 is 21.1 Å². The summed E-state index contributed by atoms with van der Waals surface area (Å²) in [4.78, 5) is 35.9. The number of carboxylic acid groups (broad SMARTS) is 1. The Hall–Kier alpha value is -4.37. The Bertz CT molecular complexity index is 1260. The van der Waals surface area contributed by atoms with Crippen LogP contribution in [0.4, 0.5) is 5.69 Å². The van der Waals surface area contributed by atoms with Gasteiger partial charge in [-0.25, -0.2) is 9.59 Å². The van der Waals surface area contributed by atoms with Crippen LogP contribution in [0.2, 0.25) is 5.02 Å². The van der Waals surface area contributed by atoms with Gasteiger partial charge in [0, 0.05) is 23.7 Å². The number of aryl methyl sites for hydroxylation is 1. The molecule has 180 valence electrons. The molecular formula is C25H23ClN4O5. The zero-order valence-electron chi connectivity index (χ0n) is 18.5. The van der Waals surface area contributed by atoms with E-state index in [1.807, 2.05) is 0 Å². The number of nitrogens with one attached hydrogen (secondary N) is 3. The highest BCUT2D eigenvalue weighted by Crippen LogP contribution is 2.24. The minimum atomic E-state index is -1.05. The Kier molecular flexibility index (Phi) is 8.42. The standard InChI is InChI=1S/C25H23ClN4O5/c26-21-13-19(35-24(34)16-5-9-18(10-6-16)30-25(27)28)11-7-15(21)8-12-22(31)29-14-17-3-1-2-4-20(17)23(32)33/h1-7,9-11,13H,8,12,14H2,(H,29,31)(H,32,33)(H4,27,28,30). The van der Waals surface area contributed by atoms with Gasteiger partial charge < -0.3 is 26.2 Å². The van der Waals surface area contributed by atoms with Gasteiger partial charge >= 0.3 is 11.9 Å². The van der Waals surface area contributed by atoms with Crippen LogP contribution in [0.25, 0.3) is 0 Å². The quantitative estimate of drug-likeness (QED) is 0.131. The van der Waals surface area contributed by atoms with Crippen molar-refractivity contribution in [2.75, 3.05) is 5.32 Å². The Morgan fingerprint density at radius 1 is 1.00 bits per heavy atom. The summed E-state index contributed by atoms with van der Waals surface area (Å²) < 4.78 is 5.36. The average Bonchev–Trinajstić information content (AvgIpc) is 2.82. The van der Waals surface area contributed by atoms with Crippen molar-refractivity contribution in [3.8, 4) is 5.75 Å². The molecule has 35 heavy (non-hydrogen) atoms. The smallest absolute Gasteiger partial charge is 0.343 e. The van der Waals surface area contributed by atoms with E-state index < -0.39 is 11.9 Å². The van der Waals surface area contributed by atoms with Crippen molar-refractivity contribution in [1.82, 2.24) is 5.32 Å². The molecule has 3 aromatic rings. The van der Waals surface area contributed by atoms with E-state index in [-0.39, 0.29) is 36.1 Å². The molecule has 0 bridgehead atoms. The number of amides is 1. The average molecular weight is 495 g/mol. The van der Waals surface area contributed by atoms with Crippen molar-refractivity contribution < 1.29 is 24.2 Å². The van der Waals surface area contributed by atoms with Gasteiger partial charge in [-0.2, -0.15) is 0 Å². The summed E-state index contributed by atoms with van der Waals surface area (Å²) in [7, 11) is 0. The van der Waals surface area contributed by atoms with Gasteiger partial charge in [-0.1, -0.05) is 35.9 Å². The van der Waals surface area contributed by atoms with Crippen molar-refractivity contribution in [2.45, 2.75) is 19.4 Å². The number of esters is 1. The molecule has 0 unspecified atom stereocenters. The van der Waals surface area contributed by atoms with E-state index in [2.05, 4.69) is 10.6 Å². The molecule has 0 atom stereocenters. The molecule has 0 spiro atoms. The predicted octanol–water partition coefficient (Wildman–Crippen LogP) is 3.81. The third-order valence-corrected chi connectivity index (χ3v) is 5.33. The molecule has 10 heteroatoms. The highest BCUT2D eigenvalue weighted by molar-refractivity contribution is 6.31. The zero-order chi connectivity index (χ0) is 25.4. The van der Waals surface area contributed by atoms with Crippen molar-refractivity contribution in [2.24, 2.45) is 5.73 Å². The number of carboxylic acids is 1. The lowest BCUT2D eigenvalue weighted by molar-refractivity contribution is -0.121. The van der Waals surface area contributed by atoms with Crippen LogP contribution in [0.3, 0.4) is 0 Å². The van der Waals surface area contributed by atoms with Crippen LogP contribution in [-0.2, 0) is 17.8 Å². The van der Waals surface area contributed by atoms with E-state index in [4.69, 9.17) is 27.5 Å². The number of rotatable bonds is 9. The molecular weight excluding hydrogens is 472 g/mol. The first-order valence-electron chi connectivity index (χ1n) is 10.5. The van der Waals surface area contributed by atoms with Gasteiger partial charge in [0.15, 0.2) is 5.96 Å². The van der Waals surface area contributed by atoms with Crippen LogP contribution in [0.5, 0.6) is 5.75 Å². The lowest BCUT2D eigenvalue weighted by atomic mass is 10.1. The molecule has 1 amide bonds. The predicted molar refractivity (Wildman–Crippen MR) is 132 cm³/mol. The maximum Gasteiger partial charge on any atom is 0.343 e. The van der Waals surface area contributed by atoms with Gasteiger partial charge in [-0.15, -0.1) is 0 Å². The summed E-state index contributed by atoms with van der Waals surface area (Å²) in [6, 6.07) is 17.5. The van der Waals surface area contributed by atoms with Gasteiger partial charge in [0.2, 0.25) is 5.91 Å². The molecule has 0 aliphatic rings. The Morgan fingerprint density at radius 3 is 2.37 bits per heavy atom. The van der Waals surface area contributed by atoms with E-state index >= 15 is 0 Å². The first-order chi connectivity index (χ1) is 16.7. The van der Waals surface area contributed by atoms with Gasteiger partial charge in [0.25, 0.3) is 0 Å². The number of hydrogen-bond acceptors (Lipinski definition) is 5. The van der Waals surface area contributed by atoms with Crippen LogP contribution in [0, 0.1) is 5.41 Å². The van der Waals surface area contributed by atoms with Crippen LogP contribution in [0.1, 0.15) is 38.3 Å². The van der Waals surface area contributed by atoms with Crippen molar-refractivity contribution in [3.05, 3.63) is 94.0 Å².